The zero-order chi connectivity index (χ0) is 14.3. The van der Waals surface area contributed by atoms with Crippen molar-refractivity contribution in [3.63, 3.8) is 0 Å². The van der Waals surface area contributed by atoms with Crippen molar-refractivity contribution in [1.82, 2.24) is 24.3 Å². The summed E-state index contributed by atoms with van der Waals surface area (Å²) in [5.41, 5.74) is 3.10. The molecule has 3 rings (SSSR count). The molecule has 0 spiro atoms. The van der Waals surface area contributed by atoms with Crippen LogP contribution in [0.4, 0.5) is 5.13 Å². The van der Waals surface area contributed by atoms with E-state index in [-0.39, 0.29) is 0 Å². The van der Waals surface area contributed by atoms with Crippen molar-refractivity contribution in [3.8, 4) is 0 Å². The Kier molecular flexibility index (Phi) is 3.43. The van der Waals surface area contributed by atoms with E-state index in [0.717, 1.165) is 38.6 Å². The Morgan fingerprint density at radius 2 is 2.20 bits per heavy atom. The molecule has 0 fully saturated rings. The highest BCUT2D eigenvalue weighted by Crippen LogP contribution is 2.28. The van der Waals surface area contributed by atoms with Crippen LogP contribution in [0.1, 0.15) is 11.4 Å². The van der Waals surface area contributed by atoms with Gasteiger partial charge in [-0.1, -0.05) is 23.1 Å². The average molecular weight is 308 g/mol. The van der Waals surface area contributed by atoms with Crippen molar-refractivity contribution < 1.29 is 0 Å². The first-order valence-electron chi connectivity index (χ1n) is 6.18. The van der Waals surface area contributed by atoms with Gasteiger partial charge in [0.25, 0.3) is 0 Å². The number of fused-ring (bicyclic) bond motifs is 1. The van der Waals surface area contributed by atoms with Crippen LogP contribution in [0, 0.1) is 6.92 Å². The maximum atomic E-state index is 4.58. The Balaban J connectivity index is 1.79. The molecule has 3 aromatic rings. The third-order valence-electron chi connectivity index (χ3n) is 3.19. The van der Waals surface area contributed by atoms with Crippen molar-refractivity contribution in [3.05, 3.63) is 17.6 Å². The number of aromatic nitrogens is 5. The van der Waals surface area contributed by atoms with Gasteiger partial charge in [-0.2, -0.15) is 5.10 Å². The van der Waals surface area contributed by atoms with Crippen LogP contribution in [0.15, 0.2) is 11.4 Å². The van der Waals surface area contributed by atoms with Crippen LogP contribution in [0.25, 0.3) is 10.3 Å². The fourth-order valence-corrected chi connectivity index (χ4v) is 3.58. The molecule has 0 unspecified atom stereocenters. The molecule has 8 heteroatoms. The van der Waals surface area contributed by atoms with Crippen LogP contribution >= 0.6 is 23.1 Å². The van der Waals surface area contributed by atoms with Crippen LogP contribution in [-0.2, 0) is 20.6 Å². The van der Waals surface area contributed by atoms with Crippen LogP contribution in [0.2, 0.25) is 0 Å². The zero-order valence-corrected chi connectivity index (χ0v) is 13.5. The Hall–Kier alpha value is -1.54. The SMILES string of the molecule is CSc1ncc(CNc2nc3c(s2)c(C)nn3C)n1C. The van der Waals surface area contributed by atoms with E-state index < -0.39 is 0 Å². The largest absolute Gasteiger partial charge is 0.356 e. The lowest BCUT2D eigenvalue weighted by molar-refractivity contribution is 0.747. The van der Waals surface area contributed by atoms with E-state index in [2.05, 4.69) is 25.0 Å². The van der Waals surface area contributed by atoms with Gasteiger partial charge in [-0.3, -0.25) is 0 Å². The number of aryl methyl sites for hydroxylation is 2. The predicted molar refractivity (Wildman–Crippen MR) is 83.4 cm³/mol. The topological polar surface area (TPSA) is 60.6 Å². The molecule has 0 aromatic carbocycles. The van der Waals surface area contributed by atoms with Crippen LogP contribution in [0.3, 0.4) is 0 Å². The maximum Gasteiger partial charge on any atom is 0.185 e. The fraction of sp³-hybridized carbons (Fsp3) is 0.417. The molecule has 0 saturated carbocycles. The third kappa shape index (κ3) is 2.18. The van der Waals surface area contributed by atoms with Crippen molar-refractivity contribution >= 4 is 38.6 Å². The number of hydrogen-bond donors (Lipinski definition) is 1. The molecule has 0 bridgehead atoms. The lowest BCUT2D eigenvalue weighted by Gasteiger charge is -2.04. The molecule has 3 aromatic heterocycles. The fourth-order valence-electron chi connectivity index (χ4n) is 2.11. The molecule has 0 amide bonds. The molecular weight excluding hydrogens is 292 g/mol. The highest BCUT2D eigenvalue weighted by Gasteiger charge is 2.12. The molecule has 1 N–H and O–H groups in total. The second kappa shape index (κ2) is 5.10. The average Bonchev–Trinajstić information content (AvgIpc) is 3.06. The van der Waals surface area contributed by atoms with E-state index >= 15 is 0 Å². The van der Waals surface area contributed by atoms with Crippen molar-refractivity contribution in [1.29, 1.82) is 0 Å². The summed E-state index contributed by atoms with van der Waals surface area (Å²) in [4.78, 5) is 8.94. The number of thiazole rings is 1. The molecule has 20 heavy (non-hydrogen) atoms. The molecule has 0 aliphatic rings. The van der Waals surface area contributed by atoms with Gasteiger partial charge >= 0.3 is 0 Å². The van der Waals surface area contributed by atoms with Gasteiger partial charge < -0.3 is 9.88 Å². The molecule has 0 radical (unpaired) electrons. The molecule has 106 valence electrons. The van der Waals surface area contributed by atoms with Crippen LogP contribution in [0.5, 0.6) is 0 Å². The first kappa shape index (κ1) is 13.4. The van der Waals surface area contributed by atoms with Crippen LogP contribution in [-0.4, -0.2) is 30.6 Å². The standard InChI is InChI=1S/C12H16N6S2/c1-7-9-10(18(3)16-7)15-11(20-9)13-5-8-6-14-12(19-4)17(8)2/h6H,5H2,1-4H3,(H,13,15). The number of rotatable bonds is 4. The molecular formula is C12H16N6S2. The monoisotopic (exact) mass is 308 g/mol. The lowest BCUT2D eigenvalue weighted by Crippen LogP contribution is -2.05. The summed E-state index contributed by atoms with van der Waals surface area (Å²) in [6.07, 6.45) is 3.93. The van der Waals surface area contributed by atoms with Gasteiger partial charge in [0.05, 0.1) is 28.8 Å². The number of nitrogens with one attached hydrogen (secondary N) is 1. The maximum absolute atomic E-state index is 4.58. The van der Waals surface area contributed by atoms with Crippen molar-refractivity contribution in [2.45, 2.75) is 18.6 Å². The Bertz CT molecular complexity index is 719. The minimum atomic E-state index is 0.719. The molecule has 3 heterocycles. The molecule has 0 aliphatic heterocycles. The molecule has 0 aliphatic carbocycles. The second-order valence-electron chi connectivity index (χ2n) is 4.53. The second-order valence-corrected chi connectivity index (χ2v) is 6.30. The minimum Gasteiger partial charge on any atom is -0.356 e. The summed E-state index contributed by atoms with van der Waals surface area (Å²) in [5, 5.41) is 9.66. The first-order valence-corrected chi connectivity index (χ1v) is 8.23. The number of imidazole rings is 1. The lowest BCUT2D eigenvalue weighted by atomic mass is 10.5. The number of nitrogens with zero attached hydrogens (tertiary/aromatic N) is 5. The van der Waals surface area contributed by atoms with Gasteiger partial charge in [0.15, 0.2) is 15.9 Å². The summed E-state index contributed by atoms with van der Waals surface area (Å²) in [6, 6.07) is 0. The predicted octanol–water partition coefficient (Wildman–Crippen LogP) is 2.41. The van der Waals surface area contributed by atoms with Gasteiger partial charge in [0.1, 0.15) is 0 Å². The summed E-state index contributed by atoms with van der Waals surface area (Å²) in [6.45, 7) is 2.73. The van der Waals surface area contributed by atoms with E-state index in [1.54, 1.807) is 23.1 Å². The van der Waals surface area contributed by atoms with Gasteiger partial charge in [-0.05, 0) is 13.2 Å². The summed E-state index contributed by atoms with van der Waals surface area (Å²) < 4.78 is 5.06. The normalized spacial score (nSPS) is 11.4. The van der Waals surface area contributed by atoms with Gasteiger partial charge in [-0.15, -0.1) is 0 Å². The smallest absolute Gasteiger partial charge is 0.185 e. The van der Waals surface area contributed by atoms with E-state index in [9.17, 15) is 0 Å². The number of anilines is 1. The molecule has 6 nitrogen and oxygen atoms in total. The highest BCUT2D eigenvalue weighted by molar-refractivity contribution is 7.98. The molecule has 0 saturated heterocycles. The van der Waals surface area contributed by atoms with Crippen molar-refractivity contribution in [2.24, 2.45) is 14.1 Å². The number of hydrogen-bond acceptors (Lipinski definition) is 6. The Morgan fingerprint density at radius 1 is 1.40 bits per heavy atom. The van der Waals surface area contributed by atoms with Crippen molar-refractivity contribution in [2.75, 3.05) is 11.6 Å². The Morgan fingerprint density at radius 3 is 2.85 bits per heavy atom. The van der Waals surface area contributed by atoms with E-state index in [4.69, 9.17) is 0 Å². The molecule has 0 atom stereocenters. The number of thioether (sulfide) groups is 1. The Labute approximate surface area is 125 Å². The summed E-state index contributed by atoms with van der Waals surface area (Å²) in [5.74, 6) is 0. The third-order valence-corrected chi connectivity index (χ3v) is 5.04. The minimum absolute atomic E-state index is 0.719. The van der Waals surface area contributed by atoms with Crippen LogP contribution < -0.4 is 5.32 Å². The quantitative estimate of drug-likeness (QED) is 0.750. The highest BCUT2D eigenvalue weighted by atomic mass is 32.2. The van der Waals surface area contributed by atoms with Gasteiger partial charge in [-0.25, -0.2) is 14.6 Å². The van der Waals surface area contributed by atoms with Gasteiger partial charge in [0.2, 0.25) is 0 Å². The van der Waals surface area contributed by atoms with E-state index in [1.165, 1.54) is 0 Å². The van der Waals surface area contributed by atoms with E-state index in [1.807, 2.05) is 38.2 Å². The zero-order valence-electron chi connectivity index (χ0n) is 11.8. The first-order chi connectivity index (χ1) is 9.60. The summed E-state index contributed by atoms with van der Waals surface area (Å²) in [7, 11) is 3.95. The summed E-state index contributed by atoms with van der Waals surface area (Å²) >= 11 is 3.29. The van der Waals surface area contributed by atoms with Gasteiger partial charge in [0, 0.05) is 14.1 Å². The van der Waals surface area contributed by atoms with E-state index in [0.29, 0.717) is 0 Å².